The molecule has 0 saturated heterocycles. The first-order valence-electron chi connectivity index (χ1n) is 14.5. The van der Waals surface area contributed by atoms with Crippen molar-refractivity contribution >= 4 is 57.1 Å². The molecule has 40 heavy (non-hydrogen) atoms. The molecular weight excluding hydrogens is 689 g/mol. The average molecular weight is 732 g/mol. The number of pyridine rings is 2. The average Bonchev–Trinajstić information content (AvgIpc) is 3.25. The molecule has 0 spiro atoms. The fourth-order valence-electron chi connectivity index (χ4n) is 5.64. The van der Waals surface area contributed by atoms with Gasteiger partial charge < -0.3 is 9.51 Å². The summed E-state index contributed by atoms with van der Waals surface area (Å²) in [6.45, 7) is 17.4. The SMILES string of the molecule is CCC(CC)C(=O)/C=C(\O)C(CC)CC.Cc1[c-]n2c3nccc4cc([Si](C)(C)C)cc(c5cccc1c52)c43.[Ir]. The van der Waals surface area contributed by atoms with Crippen molar-refractivity contribution in [2.24, 2.45) is 11.8 Å². The molecule has 0 amide bonds. The van der Waals surface area contributed by atoms with Gasteiger partial charge in [-0.2, -0.15) is 0 Å². The summed E-state index contributed by atoms with van der Waals surface area (Å²) in [5.41, 5.74) is 3.44. The van der Waals surface area contributed by atoms with E-state index in [9.17, 15) is 9.90 Å². The minimum absolute atomic E-state index is 0. The van der Waals surface area contributed by atoms with E-state index in [1.54, 1.807) is 0 Å². The van der Waals surface area contributed by atoms with Gasteiger partial charge in [0, 0.05) is 44.2 Å². The molecule has 3 aromatic heterocycles. The number of aliphatic hydroxyl groups excluding tert-OH is 1. The first kappa shape index (κ1) is 32.0. The normalized spacial score (nSPS) is 12.5. The van der Waals surface area contributed by atoms with Crippen LogP contribution in [0.5, 0.6) is 0 Å². The van der Waals surface area contributed by atoms with Crippen molar-refractivity contribution in [3.63, 3.8) is 0 Å². The van der Waals surface area contributed by atoms with Gasteiger partial charge in [0.2, 0.25) is 0 Å². The Morgan fingerprint density at radius 1 is 0.975 bits per heavy atom. The molecule has 1 N–H and O–H groups in total. The molecular formula is C34H43IrN2O2Si-. The van der Waals surface area contributed by atoms with Crippen LogP contribution >= 0.6 is 0 Å². The molecule has 0 aliphatic rings. The maximum Gasteiger partial charge on any atom is 0.162 e. The molecule has 0 unspecified atom stereocenters. The Bertz CT molecular complexity index is 1640. The smallest absolute Gasteiger partial charge is 0.162 e. The predicted molar refractivity (Wildman–Crippen MR) is 169 cm³/mol. The van der Waals surface area contributed by atoms with Gasteiger partial charge in [-0.3, -0.25) is 9.78 Å². The number of fused-ring (bicyclic) bond motifs is 2. The van der Waals surface area contributed by atoms with Gasteiger partial charge in [0.05, 0.1) is 19.5 Å². The number of aromatic nitrogens is 2. The molecule has 6 heteroatoms. The van der Waals surface area contributed by atoms with Crippen molar-refractivity contribution in [3.05, 3.63) is 66.2 Å². The Balaban J connectivity index is 0.000000243. The number of hydrogen-bond donors (Lipinski definition) is 1. The zero-order valence-electron chi connectivity index (χ0n) is 25.2. The van der Waals surface area contributed by atoms with Crippen molar-refractivity contribution in [1.29, 1.82) is 0 Å². The van der Waals surface area contributed by atoms with Gasteiger partial charge >= 0.3 is 0 Å². The topological polar surface area (TPSA) is 54.6 Å². The summed E-state index contributed by atoms with van der Waals surface area (Å²) in [6.07, 6.45) is 10.3. The molecule has 0 atom stereocenters. The number of para-hydroxylation sites is 1. The zero-order valence-corrected chi connectivity index (χ0v) is 28.6. The summed E-state index contributed by atoms with van der Waals surface area (Å²) in [5.74, 6) is 0.547. The van der Waals surface area contributed by atoms with Gasteiger partial charge in [-0.05, 0) is 53.3 Å². The second-order valence-corrected chi connectivity index (χ2v) is 16.9. The van der Waals surface area contributed by atoms with Crippen molar-refractivity contribution in [3.8, 4) is 0 Å². The molecule has 4 nitrogen and oxygen atoms in total. The fourth-order valence-corrected chi connectivity index (χ4v) is 6.81. The van der Waals surface area contributed by atoms with Crippen LogP contribution in [0.4, 0.5) is 0 Å². The molecule has 5 aromatic rings. The van der Waals surface area contributed by atoms with E-state index in [2.05, 4.69) is 73.6 Å². The van der Waals surface area contributed by atoms with Crippen LogP contribution in [-0.4, -0.2) is 28.3 Å². The molecule has 0 aliphatic carbocycles. The summed E-state index contributed by atoms with van der Waals surface area (Å²) in [4.78, 5) is 16.4. The van der Waals surface area contributed by atoms with E-state index in [0.717, 1.165) is 31.3 Å². The van der Waals surface area contributed by atoms with Crippen LogP contribution in [0.15, 0.2) is 54.4 Å². The molecule has 5 rings (SSSR count). The standard InChI is InChI=1S/C21H19N2Si.C13H24O2.Ir/c1-13-12-23-20-16(13)6-5-7-17(20)18-11-15(24(2,3)4)10-14-8-9-22-21(23)19(14)18;1-5-10(6-2)12(14)9-13(15)11(7-3)8-4;/h5-11H,1-4H3;9-11,14H,5-8H2,1-4H3;/q-1;;/b;12-9-;. The Labute approximate surface area is 253 Å². The van der Waals surface area contributed by atoms with Gasteiger partial charge in [-0.1, -0.05) is 95.4 Å². The van der Waals surface area contributed by atoms with Crippen molar-refractivity contribution in [2.75, 3.05) is 0 Å². The monoisotopic (exact) mass is 732 g/mol. The number of ketones is 1. The Morgan fingerprint density at radius 3 is 2.20 bits per heavy atom. The van der Waals surface area contributed by atoms with Crippen LogP contribution in [0, 0.1) is 25.0 Å². The van der Waals surface area contributed by atoms with Crippen LogP contribution in [0.2, 0.25) is 19.6 Å². The minimum atomic E-state index is -1.40. The number of nitrogens with zero attached hydrogens (tertiary/aromatic N) is 2. The summed E-state index contributed by atoms with van der Waals surface area (Å²) in [7, 11) is -1.40. The van der Waals surface area contributed by atoms with E-state index in [4.69, 9.17) is 4.98 Å². The quantitative estimate of drug-likeness (QED) is 0.0434. The van der Waals surface area contributed by atoms with Gasteiger partial charge in [0.25, 0.3) is 0 Å². The molecule has 0 saturated carbocycles. The van der Waals surface area contributed by atoms with E-state index in [0.29, 0.717) is 0 Å². The molecule has 3 heterocycles. The molecule has 2 aromatic carbocycles. The Kier molecular flexibility index (Phi) is 10.4. The third-order valence-corrected chi connectivity index (χ3v) is 10.3. The molecule has 215 valence electrons. The van der Waals surface area contributed by atoms with E-state index >= 15 is 0 Å². The van der Waals surface area contributed by atoms with Crippen molar-refractivity contribution in [2.45, 2.75) is 79.9 Å². The van der Waals surface area contributed by atoms with Crippen LogP contribution in [0.25, 0.3) is 38.1 Å². The fraction of sp³-hybridized carbons (Fsp3) is 0.412. The van der Waals surface area contributed by atoms with Gasteiger partial charge in [-0.25, -0.2) is 0 Å². The van der Waals surface area contributed by atoms with Gasteiger partial charge in [0.15, 0.2) is 5.78 Å². The van der Waals surface area contributed by atoms with Crippen molar-refractivity contribution < 1.29 is 30.0 Å². The van der Waals surface area contributed by atoms with Crippen LogP contribution in [-0.2, 0) is 24.9 Å². The number of carbonyl (C=O) groups is 1. The first-order chi connectivity index (χ1) is 18.5. The van der Waals surface area contributed by atoms with E-state index in [1.807, 2.05) is 33.9 Å². The predicted octanol–water partition coefficient (Wildman–Crippen LogP) is 8.75. The summed E-state index contributed by atoms with van der Waals surface area (Å²) in [5, 5.41) is 17.7. The van der Waals surface area contributed by atoms with Gasteiger partial charge in [0.1, 0.15) is 0 Å². The number of aliphatic hydroxyl groups is 1. The van der Waals surface area contributed by atoms with E-state index in [-0.39, 0.29) is 43.5 Å². The zero-order chi connectivity index (χ0) is 28.5. The number of hydrogen-bond acceptors (Lipinski definition) is 3. The van der Waals surface area contributed by atoms with Gasteiger partial charge in [-0.15, -0.1) is 17.0 Å². The number of benzene rings is 2. The van der Waals surface area contributed by atoms with Crippen LogP contribution < -0.4 is 5.19 Å². The number of allylic oxidation sites excluding steroid dienone is 2. The Morgan fingerprint density at radius 2 is 1.60 bits per heavy atom. The maximum absolute atomic E-state index is 11.7. The maximum atomic E-state index is 11.7. The molecule has 0 aliphatic heterocycles. The Hall–Kier alpha value is -2.53. The van der Waals surface area contributed by atoms with Crippen LogP contribution in [0.1, 0.15) is 58.9 Å². The first-order valence-corrected chi connectivity index (χ1v) is 18.0. The van der Waals surface area contributed by atoms with Crippen LogP contribution in [0.3, 0.4) is 0 Å². The largest absolute Gasteiger partial charge is 0.512 e. The number of aryl methyl sites for hydroxylation is 1. The van der Waals surface area contributed by atoms with E-state index in [1.165, 1.54) is 49.3 Å². The second kappa shape index (κ2) is 13.0. The summed E-state index contributed by atoms with van der Waals surface area (Å²) < 4.78 is 2.16. The molecule has 0 bridgehead atoms. The molecule has 0 fully saturated rings. The second-order valence-electron chi connectivity index (χ2n) is 11.8. The summed E-state index contributed by atoms with van der Waals surface area (Å²) >= 11 is 0. The number of rotatable bonds is 8. The van der Waals surface area contributed by atoms with Crippen molar-refractivity contribution in [1.82, 2.24) is 9.38 Å². The molecule has 1 radical (unpaired) electrons. The van der Waals surface area contributed by atoms with E-state index < -0.39 is 8.07 Å². The third-order valence-electron chi connectivity index (χ3n) is 8.24. The third kappa shape index (κ3) is 6.05. The summed E-state index contributed by atoms with van der Waals surface area (Å²) in [6, 6.07) is 13.5. The minimum Gasteiger partial charge on any atom is -0.512 e. The number of carbonyl (C=O) groups excluding carboxylic acids is 1.